The molecule has 4 rings (SSSR count). The Balaban J connectivity index is 1.66. The molecule has 134 valence electrons. The lowest BCUT2D eigenvalue weighted by Gasteiger charge is -2.37. The van der Waals surface area contributed by atoms with Crippen molar-refractivity contribution in [2.24, 2.45) is 5.92 Å². The van der Waals surface area contributed by atoms with Crippen molar-refractivity contribution >= 4 is 27.5 Å². The summed E-state index contributed by atoms with van der Waals surface area (Å²) < 4.78 is 1.10. The molecule has 0 saturated carbocycles. The van der Waals surface area contributed by atoms with Gasteiger partial charge in [0.2, 0.25) is 0 Å². The van der Waals surface area contributed by atoms with E-state index in [4.69, 9.17) is 0 Å². The molecule has 0 bridgehead atoms. The molecule has 1 heterocycles. The molecule has 2 aromatic rings. The Bertz CT molecular complexity index is 844. The van der Waals surface area contributed by atoms with Crippen LogP contribution in [0.15, 0.2) is 59.1 Å². The summed E-state index contributed by atoms with van der Waals surface area (Å²) in [5.41, 5.74) is 4.43. The zero-order valence-electron chi connectivity index (χ0n) is 14.8. The largest absolute Gasteiger partial charge is 0.378 e. The average molecular weight is 411 g/mol. The summed E-state index contributed by atoms with van der Waals surface area (Å²) in [7, 11) is 0. The Labute approximate surface area is 163 Å². The summed E-state index contributed by atoms with van der Waals surface area (Å²) >= 11 is 3.52. The summed E-state index contributed by atoms with van der Waals surface area (Å²) in [5, 5.41) is 6.70. The van der Waals surface area contributed by atoms with Gasteiger partial charge in [-0.1, -0.05) is 47.1 Å². The van der Waals surface area contributed by atoms with Gasteiger partial charge in [-0.2, -0.15) is 0 Å². The summed E-state index contributed by atoms with van der Waals surface area (Å²) in [5.74, 6) is 0.861. The van der Waals surface area contributed by atoms with Crippen molar-refractivity contribution in [3.05, 3.63) is 75.8 Å². The molecular formula is C22H23BrN2O. The first-order valence-electron chi connectivity index (χ1n) is 9.28. The fourth-order valence-corrected chi connectivity index (χ4v) is 4.34. The number of hydrogen-bond acceptors (Lipinski definition) is 2. The molecule has 1 aliphatic carbocycles. The fourth-order valence-electron chi connectivity index (χ4n) is 4.08. The van der Waals surface area contributed by atoms with Crippen molar-refractivity contribution in [2.45, 2.75) is 31.7 Å². The van der Waals surface area contributed by atoms with Crippen LogP contribution in [-0.4, -0.2) is 12.5 Å². The number of carbonyl (C=O) groups excluding carboxylic acids is 1. The highest BCUT2D eigenvalue weighted by Crippen LogP contribution is 2.49. The second-order valence-electron chi connectivity index (χ2n) is 7.08. The van der Waals surface area contributed by atoms with Crippen molar-refractivity contribution in [1.82, 2.24) is 5.32 Å². The summed E-state index contributed by atoms with van der Waals surface area (Å²) in [6.07, 6.45) is 6.59. The maximum Gasteiger partial charge on any atom is 0.251 e. The molecule has 0 fully saturated rings. The smallest absolute Gasteiger partial charge is 0.251 e. The topological polar surface area (TPSA) is 41.1 Å². The van der Waals surface area contributed by atoms with E-state index in [-0.39, 0.29) is 11.9 Å². The molecule has 2 aliphatic rings. The highest BCUT2D eigenvalue weighted by Gasteiger charge is 2.38. The SMILES string of the molecule is CCCNC(=O)c1ccc2c(c1)[C@@H]1C=CC[C@H]1[C@@H](c1ccc(Br)cc1)N2. The van der Waals surface area contributed by atoms with Crippen LogP contribution in [0.4, 0.5) is 5.69 Å². The first kappa shape index (κ1) is 17.3. The summed E-state index contributed by atoms with van der Waals surface area (Å²) in [6, 6.07) is 14.9. The molecule has 0 radical (unpaired) electrons. The number of allylic oxidation sites excluding steroid dienone is 2. The van der Waals surface area contributed by atoms with Gasteiger partial charge < -0.3 is 10.6 Å². The summed E-state index contributed by atoms with van der Waals surface area (Å²) in [4.78, 5) is 12.3. The van der Waals surface area contributed by atoms with Crippen LogP contribution in [-0.2, 0) is 0 Å². The van der Waals surface area contributed by atoms with Crippen LogP contribution in [0.3, 0.4) is 0 Å². The molecule has 3 nitrogen and oxygen atoms in total. The van der Waals surface area contributed by atoms with Crippen molar-refractivity contribution in [2.75, 3.05) is 11.9 Å². The Morgan fingerprint density at radius 2 is 2.04 bits per heavy atom. The predicted octanol–water partition coefficient (Wildman–Crippen LogP) is 5.42. The molecule has 4 heteroatoms. The van der Waals surface area contributed by atoms with E-state index in [1.807, 2.05) is 6.07 Å². The third kappa shape index (κ3) is 3.18. The number of halogens is 1. The van der Waals surface area contributed by atoms with Crippen LogP contribution in [0.5, 0.6) is 0 Å². The third-order valence-electron chi connectivity index (χ3n) is 5.39. The van der Waals surface area contributed by atoms with Gasteiger partial charge in [0.05, 0.1) is 6.04 Å². The van der Waals surface area contributed by atoms with Gasteiger partial charge in [0.15, 0.2) is 0 Å². The number of rotatable bonds is 4. The highest BCUT2D eigenvalue weighted by molar-refractivity contribution is 9.10. The number of fused-ring (bicyclic) bond motifs is 3. The minimum absolute atomic E-state index is 0.0169. The minimum Gasteiger partial charge on any atom is -0.378 e. The monoisotopic (exact) mass is 410 g/mol. The molecule has 2 N–H and O–H groups in total. The molecule has 1 aliphatic heterocycles. The van der Waals surface area contributed by atoms with Gasteiger partial charge in [-0.3, -0.25) is 4.79 Å². The Morgan fingerprint density at radius 1 is 1.23 bits per heavy atom. The standard InChI is InChI=1S/C22H23BrN2O/c1-2-12-24-22(26)15-8-11-20-19(13-15)17-4-3-5-18(17)21(25-20)14-6-9-16(23)10-7-14/h3-4,6-11,13,17-18,21,25H,2,5,12H2,1H3,(H,24,26)/t17-,18-,21-/m1/s1. The van der Waals surface area contributed by atoms with Crippen LogP contribution >= 0.6 is 15.9 Å². The molecule has 1 amide bonds. The van der Waals surface area contributed by atoms with E-state index in [2.05, 4.69) is 82.0 Å². The maximum atomic E-state index is 12.3. The van der Waals surface area contributed by atoms with E-state index < -0.39 is 0 Å². The number of hydrogen-bond donors (Lipinski definition) is 2. The van der Waals surface area contributed by atoms with Crippen LogP contribution in [0.25, 0.3) is 0 Å². The lowest BCUT2D eigenvalue weighted by molar-refractivity contribution is 0.0953. The molecule has 26 heavy (non-hydrogen) atoms. The number of benzene rings is 2. The Kier molecular flexibility index (Phi) is 4.86. The van der Waals surface area contributed by atoms with Crippen molar-refractivity contribution < 1.29 is 4.79 Å². The molecule has 0 unspecified atom stereocenters. The Morgan fingerprint density at radius 3 is 2.81 bits per heavy atom. The van der Waals surface area contributed by atoms with Crippen molar-refractivity contribution in [3.63, 3.8) is 0 Å². The number of amides is 1. The minimum atomic E-state index is 0.0169. The van der Waals surface area contributed by atoms with Gasteiger partial charge in [0.1, 0.15) is 0 Å². The van der Waals surface area contributed by atoms with E-state index in [1.165, 1.54) is 11.1 Å². The number of carbonyl (C=O) groups is 1. The zero-order valence-corrected chi connectivity index (χ0v) is 16.4. The van der Waals surface area contributed by atoms with Crippen LogP contribution < -0.4 is 10.6 Å². The second kappa shape index (κ2) is 7.28. The molecule has 0 spiro atoms. The first-order chi connectivity index (χ1) is 12.7. The van der Waals surface area contributed by atoms with Gasteiger partial charge in [0, 0.05) is 28.2 Å². The van der Waals surface area contributed by atoms with Crippen LogP contribution in [0.1, 0.15) is 53.2 Å². The van der Waals surface area contributed by atoms with Gasteiger partial charge >= 0.3 is 0 Å². The first-order valence-corrected chi connectivity index (χ1v) is 10.1. The van der Waals surface area contributed by atoms with Crippen molar-refractivity contribution in [1.29, 1.82) is 0 Å². The molecule has 0 saturated heterocycles. The van der Waals surface area contributed by atoms with Gasteiger partial charge in [-0.15, -0.1) is 0 Å². The van der Waals surface area contributed by atoms with Crippen molar-refractivity contribution in [3.8, 4) is 0 Å². The summed E-state index contributed by atoms with van der Waals surface area (Å²) in [6.45, 7) is 2.78. The second-order valence-corrected chi connectivity index (χ2v) is 8.00. The fraction of sp³-hybridized carbons (Fsp3) is 0.318. The van der Waals surface area contributed by atoms with Crippen LogP contribution in [0.2, 0.25) is 0 Å². The van der Waals surface area contributed by atoms with E-state index in [1.54, 1.807) is 0 Å². The van der Waals surface area contributed by atoms with E-state index in [0.29, 0.717) is 18.4 Å². The predicted molar refractivity (Wildman–Crippen MR) is 110 cm³/mol. The maximum absolute atomic E-state index is 12.3. The lowest BCUT2D eigenvalue weighted by atomic mass is 9.76. The number of nitrogens with one attached hydrogen (secondary N) is 2. The molecule has 0 aromatic heterocycles. The lowest BCUT2D eigenvalue weighted by Crippen LogP contribution is -2.30. The molecule has 2 aromatic carbocycles. The van der Waals surface area contributed by atoms with Gasteiger partial charge in [0.25, 0.3) is 5.91 Å². The third-order valence-corrected chi connectivity index (χ3v) is 5.92. The van der Waals surface area contributed by atoms with Gasteiger partial charge in [-0.05, 0) is 60.2 Å². The van der Waals surface area contributed by atoms with E-state index in [0.717, 1.165) is 28.6 Å². The van der Waals surface area contributed by atoms with E-state index >= 15 is 0 Å². The van der Waals surface area contributed by atoms with Gasteiger partial charge in [-0.25, -0.2) is 0 Å². The number of anilines is 1. The quantitative estimate of drug-likeness (QED) is 0.660. The normalized spacial score (nSPS) is 23.1. The van der Waals surface area contributed by atoms with Crippen LogP contribution in [0, 0.1) is 5.92 Å². The average Bonchev–Trinajstić information content (AvgIpc) is 3.16. The zero-order chi connectivity index (χ0) is 18.1. The molecular weight excluding hydrogens is 388 g/mol. The molecule has 3 atom stereocenters. The Hall–Kier alpha value is -2.07. The highest BCUT2D eigenvalue weighted by atomic mass is 79.9. The van der Waals surface area contributed by atoms with E-state index in [9.17, 15) is 4.79 Å².